The highest BCUT2D eigenvalue weighted by molar-refractivity contribution is 7.89. The van der Waals surface area contributed by atoms with E-state index in [0.29, 0.717) is 20.4 Å². The number of ether oxygens (including phenoxy) is 1. The van der Waals surface area contributed by atoms with Gasteiger partial charge >= 0.3 is 6.09 Å². The summed E-state index contributed by atoms with van der Waals surface area (Å²) in [5.74, 6) is 1.97. The number of hydrogen-bond donors (Lipinski definition) is 0. The van der Waals surface area contributed by atoms with Gasteiger partial charge in [0.15, 0.2) is 4.80 Å². The standard InChI is InChI=1S/C24H22Cl2N4O5S2/c1-3-11-30-21-19(10-9-18(25)20(21)26)36-23(30)27-22(31)16-5-7-17(8-6-16)37(33,34)29-14-12-28(13-15-29)24(32)35-4-2/h1,5-10H,4,11-15H2,2H3. The zero-order chi connectivity index (χ0) is 26.7. The molecule has 194 valence electrons. The van der Waals surface area contributed by atoms with Crippen molar-refractivity contribution >= 4 is 66.8 Å². The van der Waals surface area contributed by atoms with Crippen molar-refractivity contribution in [1.82, 2.24) is 13.8 Å². The maximum absolute atomic E-state index is 13.1. The number of fused-ring (bicyclic) bond motifs is 1. The normalized spacial score (nSPS) is 15.1. The van der Waals surface area contributed by atoms with Crippen molar-refractivity contribution < 1.29 is 22.7 Å². The van der Waals surface area contributed by atoms with Gasteiger partial charge in [0, 0.05) is 31.7 Å². The Morgan fingerprint density at radius 2 is 1.78 bits per heavy atom. The molecule has 1 aliphatic rings. The van der Waals surface area contributed by atoms with Crippen molar-refractivity contribution in [2.45, 2.75) is 18.4 Å². The number of aromatic nitrogens is 1. The average molecular weight is 582 g/mol. The molecule has 1 fully saturated rings. The molecule has 1 aliphatic heterocycles. The number of benzene rings is 2. The topological polar surface area (TPSA) is 101 Å². The van der Waals surface area contributed by atoms with Gasteiger partial charge in [0.25, 0.3) is 5.91 Å². The Labute approximate surface area is 227 Å². The van der Waals surface area contributed by atoms with E-state index in [1.54, 1.807) is 23.6 Å². The number of rotatable bonds is 5. The zero-order valence-electron chi connectivity index (χ0n) is 19.7. The van der Waals surface area contributed by atoms with E-state index in [4.69, 9.17) is 34.4 Å². The van der Waals surface area contributed by atoms with Crippen LogP contribution in [0.5, 0.6) is 0 Å². The van der Waals surface area contributed by atoms with Crippen LogP contribution >= 0.6 is 34.5 Å². The lowest BCUT2D eigenvalue weighted by Crippen LogP contribution is -2.50. The van der Waals surface area contributed by atoms with Crippen LogP contribution in [0, 0.1) is 12.3 Å². The molecule has 2 heterocycles. The minimum atomic E-state index is -3.80. The molecule has 4 rings (SSSR count). The number of thiazole rings is 1. The molecule has 0 bridgehead atoms. The first-order valence-electron chi connectivity index (χ1n) is 11.2. The van der Waals surface area contributed by atoms with Crippen LogP contribution in [0.15, 0.2) is 46.3 Å². The van der Waals surface area contributed by atoms with Crippen molar-refractivity contribution in [1.29, 1.82) is 0 Å². The van der Waals surface area contributed by atoms with Crippen LogP contribution in [0.2, 0.25) is 10.0 Å². The highest BCUT2D eigenvalue weighted by Gasteiger charge is 2.30. The Morgan fingerprint density at radius 1 is 1.11 bits per heavy atom. The molecular weight excluding hydrogens is 559 g/mol. The summed E-state index contributed by atoms with van der Waals surface area (Å²) in [4.78, 5) is 30.9. The van der Waals surface area contributed by atoms with Crippen LogP contribution in [0.1, 0.15) is 17.3 Å². The SMILES string of the molecule is C#CCn1c(=NC(=O)c2ccc(S(=O)(=O)N3CCN(C(=O)OCC)CC3)cc2)sc2ccc(Cl)c(Cl)c21. The number of carbonyl (C=O) groups is 2. The lowest BCUT2D eigenvalue weighted by molar-refractivity contribution is 0.0933. The molecule has 0 aliphatic carbocycles. The van der Waals surface area contributed by atoms with E-state index >= 15 is 0 Å². The van der Waals surface area contributed by atoms with E-state index in [2.05, 4.69) is 10.9 Å². The smallest absolute Gasteiger partial charge is 0.409 e. The molecule has 3 aromatic rings. The number of halogens is 2. The van der Waals surface area contributed by atoms with Crippen molar-refractivity contribution in [3.05, 3.63) is 56.8 Å². The van der Waals surface area contributed by atoms with Crippen LogP contribution in [0.25, 0.3) is 10.2 Å². The van der Waals surface area contributed by atoms with Crippen LogP contribution in [0.3, 0.4) is 0 Å². The number of nitrogens with zero attached hydrogens (tertiary/aromatic N) is 4. The zero-order valence-corrected chi connectivity index (χ0v) is 22.8. The summed E-state index contributed by atoms with van der Waals surface area (Å²) in [5, 5.41) is 0.673. The quantitative estimate of drug-likeness (QED) is 0.427. The van der Waals surface area contributed by atoms with E-state index in [9.17, 15) is 18.0 Å². The second-order valence-electron chi connectivity index (χ2n) is 7.91. The lowest BCUT2D eigenvalue weighted by Gasteiger charge is -2.33. The summed E-state index contributed by atoms with van der Waals surface area (Å²) in [6.07, 6.45) is 5.05. The van der Waals surface area contributed by atoms with E-state index in [0.717, 1.165) is 4.70 Å². The fourth-order valence-corrected chi connectivity index (χ4v) is 6.76. The third kappa shape index (κ3) is 5.54. The van der Waals surface area contributed by atoms with Crippen molar-refractivity contribution in [2.75, 3.05) is 32.8 Å². The van der Waals surface area contributed by atoms with Gasteiger partial charge in [-0.3, -0.25) is 4.79 Å². The number of piperazine rings is 1. The van der Waals surface area contributed by atoms with E-state index in [-0.39, 0.29) is 49.8 Å². The fraction of sp³-hybridized carbons (Fsp3) is 0.292. The minimum absolute atomic E-state index is 0.0410. The summed E-state index contributed by atoms with van der Waals surface area (Å²) >= 11 is 13.8. The molecule has 0 N–H and O–H groups in total. The number of sulfonamides is 1. The Kier molecular flexibility index (Phi) is 8.26. The number of amides is 2. The van der Waals surface area contributed by atoms with Crippen LogP contribution in [-0.2, 0) is 21.3 Å². The van der Waals surface area contributed by atoms with Gasteiger partial charge in [-0.05, 0) is 43.3 Å². The Balaban J connectivity index is 1.56. The first-order chi connectivity index (χ1) is 17.7. The summed E-state index contributed by atoms with van der Waals surface area (Å²) in [7, 11) is -3.80. The molecule has 2 aromatic carbocycles. The monoisotopic (exact) mass is 580 g/mol. The molecule has 37 heavy (non-hydrogen) atoms. The Bertz CT molecular complexity index is 1570. The molecule has 0 unspecified atom stereocenters. The summed E-state index contributed by atoms with van der Waals surface area (Å²) in [6.45, 7) is 2.85. The number of carbonyl (C=O) groups excluding carboxylic acids is 2. The first-order valence-corrected chi connectivity index (χ1v) is 14.2. The van der Waals surface area contributed by atoms with Gasteiger partial charge in [-0.25, -0.2) is 13.2 Å². The number of hydrogen-bond acceptors (Lipinski definition) is 6. The molecule has 9 nitrogen and oxygen atoms in total. The van der Waals surface area contributed by atoms with Crippen molar-refractivity contribution in [3.8, 4) is 12.3 Å². The van der Waals surface area contributed by atoms with Gasteiger partial charge < -0.3 is 14.2 Å². The first kappa shape index (κ1) is 27.2. The molecule has 0 radical (unpaired) electrons. The largest absolute Gasteiger partial charge is 0.450 e. The van der Waals surface area contributed by atoms with Gasteiger partial charge in [-0.2, -0.15) is 9.30 Å². The molecule has 0 spiro atoms. The van der Waals surface area contributed by atoms with Crippen molar-refractivity contribution in [3.63, 3.8) is 0 Å². The minimum Gasteiger partial charge on any atom is -0.450 e. The maximum atomic E-state index is 13.1. The molecular formula is C24H22Cl2N4O5S2. The second-order valence-corrected chi connectivity index (χ2v) is 11.6. The highest BCUT2D eigenvalue weighted by Crippen LogP contribution is 2.32. The molecule has 0 saturated carbocycles. The van der Waals surface area contributed by atoms with Gasteiger partial charge in [-0.15, -0.1) is 6.42 Å². The van der Waals surface area contributed by atoms with Crippen LogP contribution in [0.4, 0.5) is 4.79 Å². The van der Waals surface area contributed by atoms with E-state index in [1.165, 1.54) is 44.8 Å². The average Bonchev–Trinajstić information content (AvgIpc) is 3.24. The lowest BCUT2D eigenvalue weighted by atomic mass is 10.2. The maximum Gasteiger partial charge on any atom is 0.409 e. The molecule has 2 amide bonds. The van der Waals surface area contributed by atoms with Gasteiger partial charge in [-0.1, -0.05) is 40.5 Å². The van der Waals surface area contributed by atoms with Crippen LogP contribution in [-0.4, -0.2) is 67.0 Å². The molecule has 1 aromatic heterocycles. The summed E-state index contributed by atoms with van der Waals surface area (Å²) in [6, 6.07) is 8.99. The third-order valence-corrected chi connectivity index (χ3v) is 9.44. The molecule has 1 saturated heterocycles. The highest BCUT2D eigenvalue weighted by atomic mass is 35.5. The van der Waals surface area contributed by atoms with Crippen LogP contribution < -0.4 is 4.80 Å². The van der Waals surface area contributed by atoms with E-state index < -0.39 is 22.0 Å². The second kappa shape index (κ2) is 11.2. The molecule has 13 heteroatoms. The predicted octanol–water partition coefficient (Wildman–Crippen LogP) is 3.85. The fourth-order valence-electron chi connectivity index (χ4n) is 3.82. The van der Waals surface area contributed by atoms with E-state index in [1.807, 2.05) is 0 Å². The van der Waals surface area contributed by atoms with Gasteiger partial charge in [0.1, 0.15) is 0 Å². The van der Waals surface area contributed by atoms with Gasteiger partial charge in [0.05, 0.1) is 38.3 Å². The Hall–Kier alpha value is -2.88. The summed E-state index contributed by atoms with van der Waals surface area (Å²) in [5.41, 5.74) is 0.799. The predicted molar refractivity (Wildman–Crippen MR) is 142 cm³/mol. The summed E-state index contributed by atoms with van der Waals surface area (Å²) < 4.78 is 34.8. The van der Waals surface area contributed by atoms with Gasteiger partial charge in [0.2, 0.25) is 10.0 Å². The van der Waals surface area contributed by atoms with Crippen molar-refractivity contribution in [2.24, 2.45) is 4.99 Å². The number of terminal acetylenes is 1. The molecule has 0 atom stereocenters. The Morgan fingerprint density at radius 3 is 2.41 bits per heavy atom. The third-order valence-electron chi connectivity index (χ3n) is 5.68.